The van der Waals surface area contributed by atoms with Gasteiger partial charge >= 0.3 is 0 Å². The third-order valence-corrected chi connectivity index (χ3v) is 8.39. The van der Waals surface area contributed by atoms with Gasteiger partial charge in [-0.15, -0.1) is 0 Å². The molecule has 0 radical (unpaired) electrons. The molecular formula is C26H27N5O3S2. The van der Waals surface area contributed by atoms with E-state index in [1.807, 2.05) is 24.3 Å². The van der Waals surface area contributed by atoms with Crippen LogP contribution in [0.2, 0.25) is 0 Å². The SMILES string of the molecule is O=C(NC1CCN(Cc2ccccc2)CC1)[C@@H](NS(=O)(=O)c1cccc2nsnc12)c1ccccc1. The van der Waals surface area contributed by atoms with E-state index in [1.165, 1.54) is 11.6 Å². The molecule has 3 aromatic carbocycles. The molecule has 4 aromatic rings. The molecule has 1 fully saturated rings. The predicted octanol–water partition coefficient (Wildman–Crippen LogP) is 3.49. The quantitative estimate of drug-likeness (QED) is 0.368. The predicted molar refractivity (Wildman–Crippen MR) is 140 cm³/mol. The summed E-state index contributed by atoms with van der Waals surface area (Å²) in [5.74, 6) is -0.366. The molecule has 0 unspecified atom stereocenters. The van der Waals surface area contributed by atoms with Gasteiger partial charge in [0, 0.05) is 25.7 Å². The minimum atomic E-state index is -4.05. The number of carbonyl (C=O) groups excluding carboxylic acids is 1. The van der Waals surface area contributed by atoms with Gasteiger partial charge in [-0.05, 0) is 36.1 Å². The summed E-state index contributed by atoms with van der Waals surface area (Å²) in [5, 5.41) is 3.09. The Balaban J connectivity index is 1.29. The topological polar surface area (TPSA) is 104 Å². The first-order valence-electron chi connectivity index (χ1n) is 11.8. The molecule has 0 saturated carbocycles. The zero-order chi connectivity index (χ0) is 25.0. The van der Waals surface area contributed by atoms with Crippen LogP contribution in [0.15, 0.2) is 83.8 Å². The van der Waals surface area contributed by atoms with Gasteiger partial charge in [0.1, 0.15) is 22.0 Å². The van der Waals surface area contributed by atoms with Gasteiger partial charge in [-0.25, -0.2) is 8.42 Å². The molecule has 1 saturated heterocycles. The molecule has 1 atom stereocenters. The highest BCUT2D eigenvalue weighted by molar-refractivity contribution is 7.89. The molecule has 0 bridgehead atoms. The number of aromatic nitrogens is 2. The average Bonchev–Trinajstić information content (AvgIpc) is 3.39. The van der Waals surface area contributed by atoms with Crippen molar-refractivity contribution in [3.05, 3.63) is 90.0 Å². The van der Waals surface area contributed by atoms with Gasteiger partial charge in [0.15, 0.2) is 0 Å². The first-order valence-corrected chi connectivity index (χ1v) is 14.1. The molecule has 186 valence electrons. The van der Waals surface area contributed by atoms with Crippen LogP contribution in [0.25, 0.3) is 11.0 Å². The van der Waals surface area contributed by atoms with E-state index in [1.54, 1.807) is 36.4 Å². The number of carbonyl (C=O) groups is 1. The molecule has 1 amide bonds. The Labute approximate surface area is 214 Å². The fraction of sp³-hybridized carbons (Fsp3) is 0.269. The third-order valence-electron chi connectivity index (χ3n) is 6.39. The molecule has 0 spiro atoms. The Morgan fingerprint density at radius 3 is 2.36 bits per heavy atom. The van der Waals surface area contributed by atoms with Gasteiger partial charge in [0.2, 0.25) is 15.9 Å². The van der Waals surface area contributed by atoms with E-state index in [9.17, 15) is 13.2 Å². The number of hydrogen-bond donors (Lipinski definition) is 2. The molecular weight excluding hydrogens is 494 g/mol. The number of nitrogens with zero attached hydrogens (tertiary/aromatic N) is 3. The Morgan fingerprint density at radius 2 is 1.64 bits per heavy atom. The normalized spacial score (nSPS) is 16.1. The zero-order valence-electron chi connectivity index (χ0n) is 19.6. The van der Waals surface area contributed by atoms with E-state index in [0.29, 0.717) is 16.6 Å². The van der Waals surface area contributed by atoms with Gasteiger partial charge in [-0.3, -0.25) is 9.69 Å². The number of nitrogens with one attached hydrogen (secondary N) is 2. The van der Waals surface area contributed by atoms with E-state index in [-0.39, 0.29) is 16.8 Å². The van der Waals surface area contributed by atoms with E-state index in [4.69, 9.17) is 0 Å². The number of likely N-dealkylation sites (tertiary alicyclic amines) is 1. The van der Waals surface area contributed by atoms with Crippen molar-refractivity contribution in [2.45, 2.75) is 36.4 Å². The third kappa shape index (κ3) is 5.62. The molecule has 1 aliphatic rings. The van der Waals surface area contributed by atoms with Crippen LogP contribution < -0.4 is 10.0 Å². The van der Waals surface area contributed by atoms with Crippen molar-refractivity contribution in [1.82, 2.24) is 23.7 Å². The summed E-state index contributed by atoms with van der Waals surface area (Å²) in [6.45, 7) is 2.60. The smallest absolute Gasteiger partial charge is 0.243 e. The minimum Gasteiger partial charge on any atom is -0.352 e. The first-order chi connectivity index (χ1) is 17.5. The van der Waals surface area contributed by atoms with Crippen LogP contribution in [-0.2, 0) is 21.4 Å². The second kappa shape index (κ2) is 10.8. The van der Waals surface area contributed by atoms with Crippen molar-refractivity contribution in [2.75, 3.05) is 13.1 Å². The van der Waals surface area contributed by atoms with Crippen molar-refractivity contribution in [1.29, 1.82) is 0 Å². The maximum absolute atomic E-state index is 13.4. The summed E-state index contributed by atoms with van der Waals surface area (Å²) in [7, 11) is -4.05. The van der Waals surface area contributed by atoms with Crippen molar-refractivity contribution in [3.8, 4) is 0 Å². The second-order valence-electron chi connectivity index (χ2n) is 8.90. The van der Waals surface area contributed by atoms with Crippen molar-refractivity contribution in [3.63, 3.8) is 0 Å². The maximum atomic E-state index is 13.4. The Hall–Kier alpha value is -3.18. The average molecular weight is 522 g/mol. The zero-order valence-corrected chi connectivity index (χ0v) is 21.2. The highest BCUT2D eigenvalue weighted by Crippen LogP contribution is 2.24. The number of fused-ring (bicyclic) bond motifs is 1. The Morgan fingerprint density at radius 1 is 0.944 bits per heavy atom. The van der Waals surface area contributed by atoms with Crippen LogP contribution in [0.4, 0.5) is 0 Å². The number of sulfonamides is 1. The Kier molecular flexibility index (Phi) is 7.38. The van der Waals surface area contributed by atoms with Gasteiger partial charge in [-0.1, -0.05) is 66.7 Å². The highest BCUT2D eigenvalue weighted by Gasteiger charge is 2.31. The molecule has 1 aromatic heterocycles. The second-order valence-corrected chi connectivity index (χ2v) is 11.1. The summed E-state index contributed by atoms with van der Waals surface area (Å²) < 4.78 is 37.7. The van der Waals surface area contributed by atoms with E-state index >= 15 is 0 Å². The molecule has 36 heavy (non-hydrogen) atoms. The lowest BCUT2D eigenvalue weighted by Gasteiger charge is -2.33. The van der Waals surface area contributed by atoms with Crippen LogP contribution >= 0.6 is 11.7 Å². The van der Waals surface area contributed by atoms with Crippen molar-refractivity contribution >= 4 is 38.7 Å². The van der Waals surface area contributed by atoms with Gasteiger partial charge < -0.3 is 5.32 Å². The van der Waals surface area contributed by atoms with Gasteiger partial charge in [0.25, 0.3) is 0 Å². The maximum Gasteiger partial charge on any atom is 0.243 e. The number of hydrogen-bond acceptors (Lipinski definition) is 7. The van der Waals surface area contributed by atoms with E-state index in [0.717, 1.165) is 44.2 Å². The van der Waals surface area contributed by atoms with E-state index in [2.05, 4.69) is 35.8 Å². The number of benzene rings is 3. The van der Waals surface area contributed by atoms with Gasteiger partial charge in [-0.2, -0.15) is 13.5 Å². The standard InChI is InChI=1S/C26H27N5O3S2/c32-26(27-21-14-16-31(17-15-21)18-19-8-3-1-4-9-19)24(20-10-5-2-6-11-20)30-36(33,34)23-13-7-12-22-25(23)29-35-28-22/h1-13,21,24,30H,14-18H2,(H,27,32)/t24-/m0/s1. The molecule has 2 N–H and O–H groups in total. The summed E-state index contributed by atoms with van der Waals surface area (Å²) in [4.78, 5) is 15.8. The molecule has 10 heteroatoms. The minimum absolute atomic E-state index is 0.0108. The highest BCUT2D eigenvalue weighted by atomic mass is 32.2. The molecule has 1 aliphatic heterocycles. The van der Waals surface area contributed by atoms with Crippen LogP contribution in [0.1, 0.15) is 30.0 Å². The Bertz CT molecular complexity index is 1420. The van der Waals surface area contributed by atoms with Crippen molar-refractivity contribution < 1.29 is 13.2 Å². The van der Waals surface area contributed by atoms with Gasteiger partial charge in [0.05, 0.1) is 11.7 Å². The summed E-state index contributed by atoms with van der Waals surface area (Å²) in [5.41, 5.74) is 2.64. The summed E-state index contributed by atoms with van der Waals surface area (Å²) in [6.07, 6.45) is 1.60. The largest absolute Gasteiger partial charge is 0.352 e. The van der Waals surface area contributed by atoms with Crippen LogP contribution in [0.3, 0.4) is 0 Å². The molecule has 8 nitrogen and oxygen atoms in total. The lowest BCUT2D eigenvalue weighted by molar-refractivity contribution is -0.123. The lowest BCUT2D eigenvalue weighted by atomic mass is 10.0. The number of piperidine rings is 1. The van der Waals surface area contributed by atoms with Crippen LogP contribution in [0, 0.1) is 0 Å². The fourth-order valence-corrected chi connectivity index (χ4v) is 6.45. The van der Waals surface area contributed by atoms with E-state index < -0.39 is 16.1 Å². The molecule has 0 aliphatic carbocycles. The number of rotatable bonds is 8. The fourth-order valence-electron chi connectivity index (χ4n) is 4.50. The molecule has 2 heterocycles. The van der Waals surface area contributed by atoms with Crippen LogP contribution in [0.5, 0.6) is 0 Å². The monoisotopic (exact) mass is 521 g/mol. The van der Waals surface area contributed by atoms with Crippen molar-refractivity contribution in [2.24, 2.45) is 0 Å². The van der Waals surface area contributed by atoms with Crippen LogP contribution in [-0.4, -0.2) is 47.1 Å². The number of amides is 1. The summed E-state index contributed by atoms with van der Waals surface area (Å²) >= 11 is 0.953. The first kappa shape index (κ1) is 24.5. The molecule has 5 rings (SSSR count). The lowest BCUT2D eigenvalue weighted by Crippen LogP contribution is -2.48. The summed E-state index contributed by atoms with van der Waals surface area (Å²) in [6, 6.07) is 23.0.